The van der Waals surface area contributed by atoms with E-state index < -0.39 is 0 Å². The molecule has 0 aromatic rings. The van der Waals surface area contributed by atoms with Crippen molar-refractivity contribution >= 4 is 5.78 Å². The Hall–Kier alpha value is -0.410. The van der Waals surface area contributed by atoms with Crippen molar-refractivity contribution in [3.8, 4) is 0 Å². The number of aliphatic hydroxyl groups excluding tert-OH is 2. The molecule has 2 N–H and O–H groups in total. The van der Waals surface area contributed by atoms with Crippen LogP contribution in [-0.4, -0.2) is 28.2 Å². The molecule has 0 aliphatic heterocycles. The molecule has 134 valence electrons. The minimum Gasteiger partial charge on any atom is -0.393 e. The van der Waals surface area contributed by atoms with E-state index in [1.54, 1.807) is 6.92 Å². The second kappa shape index (κ2) is 4.46. The molecule has 0 aromatic carbocycles. The third-order valence-corrected chi connectivity index (χ3v) is 10.00. The van der Waals surface area contributed by atoms with Gasteiger partial charge in [-0.05, 0) is 86.4 Å². The highest BCUT2D eigenvalue weighted by Crippen LogP contribution is 2.81. The summed E-state index contributed by atoms with van der Waals surface area (Å²) in [6.07, 6.45) is 6.83. The van der Waals surface area contributed by atoms with Crippen LogP contribution in [0.1, 0.15) is 65.7 Å². The van der Waals surface area contributed by atoms with E-state index in [2.05, 4.69) is 13.8 Å². The molecule has 5 fully saturated rings. The number of carbonyl (C=O) groups is 1. The van der Waals surface area contributed by atoms with Crippen LogP contribution >= 0.6 is 0 Å². The smallest absolute Gasteiger partial charge is 0.133 e. The first-order valence-electron chi connectivity index (χ1n) is 10.1. The van der Waals surface area contributed by atoms with E-state index >= 15 is 0 Å². The van der Waals surface area contributed by atoms with Gasteiger partial charge in [-0.2, -0.15) is 0 Å². The van der Waals surface area contributed by atoms with Gasteiger partial charge in [-0.25, -0.2) is 0 Å². The third kappa shape index (κ3) is 1.52. The van der Waals surface area contributed by atoms with Crippen molar-refractivity contribution in [2.45, 2.75) is 77.9 Å². The van der Waals surface area contributed by atoms with Crippen LogP contribution in [0.2, 0.25) is 0 Å². The Morgan fingerprint density at radius 3 is 2.50 bits per heavy atom. The number of fused-ring (bicyclic) bond motifs is 4. The van der Waals surface area contributed by atoms with Crippen molar-refractivity contribution in [3.63, 3.8) is 0 Å². The lowest BCUT2D eigenvalue weighted by Gasteiger charge is -2.61. The molecule has 1 spiro atoms. The molecule has 0 heterocycles. The van der Waals surface area contributed by atoms with Crippen LogP contribution in [0, 0.1) is 45.8 Å². The lowest BCUT2D eigenvalue weighted by molar-refractivity contribution is -0.193. The number of hydrogen-bond donors (Lipinski definition) is 2. The summed E-state index contributed by atoms with van der Waals surface area (Å²) in [7, 11) is 0. The summed E-state index contributed by atoms with van der Waals surface area (Å²) in [5, 5.41) is 22.4. The van der Waals surface area contributed by atoms with Crippen LogP contribution in [0.15, 0.2) is 0 Å². The molecule has 0 saturated heterocycles. The van der Waals surface area contributed by atoms with E-state index in [1.165, 1.54) is 19.3 Å². The van der Waals surface area contributed by atoms with Crippen molar-refractivity contribution in [1.82, 2.24) is 0 Å². The SMILES string of the molecule is CC(=O)C1CCC2C3CC(O)C45CC4CCC5(C)C3C(O)CC12C. The van der Waals surface area contributed by atoms with E-state index in [9.17, 15) is 15.0 Å². The van der Waals surface area contributed by atoms with Gasteiger partial charge >= 0.3 is 0 Å². The summed E-state index contributed by atoms with van der Waals surface area (Å²) < 4.78 is 0. The molecule has 5 aliphatic rings. The zero-order chi connectivity index (χ0) is 17.1. The van der Waals surface area contributed by atoms with Gasteiger partial charge in [0.15, 0.2) is 0 Å². The number of aliphatic hydroxyl groups is 2. The molecule has 0 amide bonds. The molecular formula is C21H32O3. The number of carbonyl (C=O) groups excluding carboxylic acids is 1. The molecule has 3 heteroatoms. The second-order valence-electron chi connectivity index (χ2n) is 10.5. The Bertz CT molecular complexity index is 602. The van der Waals surface area contributed by atoms with Gasteiger partial charge in [0.1, 0.15) is 5.78 Å². The fourth-order valence-corrected chi connectivity index (χ4v) is 9.10. The maximum Gasteiger partial charge on any atom is 0.133 e. The van der Waals surface area contributed by atoms with Gasteiger partial charge in [0.25, 0.3) is 0 Å². The Morgan fingerprint density at radius 2 is 1.83 bits per heavy atom. The molecule has 0 aromatic heterocycles. The molecule has 3 nitrogen and oxygen atoms in total. The van der Waals surface area contributed by atoms with E-state index in [1.807, 2.05) is 0 Å². The zero-order valence-corrected chi connectivity index (χ0v) is 15.3. The second-order valence-corrected chi connectivity index (χ2v) is 10.5. The molecule has 5 aliphatic carbocycles. The number of hydrogen-bond acceptors (Lipinski definition) is 3. The van der Waals surface area contributed by atoms with Crippen LogP contribution in [-0.2, 0) is 4.79 Å². The normalized spacial score (nSPS) is 64.0. The summed E-state index contributed by atoms with van der Waals surface area (Å²) in [5.41, 5.74) is 0.158. The minimum absolute atomic E-state index is 0.0610. The van der Waals surface area contributed by atoms with Gasteiger partial charge in [0, 0.05) is 11.3 Å². The fourth-order valence-electron chi connectivity index (χ4n) is 9.10. The molecule has 10 unspecified atom stereocenters. The Morgan fingerprint density at radius 1 is 1.08 bits per heavy atom. The monoisotopic (exact) mass is 332 g/mol. The van der Waals surface area contributed by atoms with E-state index in [-0.39, 0.29) is 34.4 Å². The molecule has 0 bridgehead atoms. The molecule has 5 rings (SSSR count). The third-order valence-electron chi connectivity index (χ3n) is 10.00. The number of Topliss-reactive ketones (excluding diaryl/α,β-unsaturated/α-hetero) is 1. The number of ketones is 1. The molecule has 24 heavy (non-hydrogen) atoms. The predicted molar refractivity (Wildman–Crippen MR) is 91.1 cm³/mol. The summed E-state index contributed by atoms with van der Waals surface area (Å²) in [5.74, 6) is 2.34. The van der Waals surface area contributed by atoms with Crippen LogP contribution in [0.25, 0.3) is 0 Å². The van der Waals surface area contributed by atoms with Crippen molar-refractivity contribution < 1.29 is 15.0 Å². The first kappa shape index (κ1) is 15.8. The Balaban J connectivity index is 1.56. The highest BCUT2D eigenvalue weighted by atomic mass is 16.3. The van der Waals surface area contributed by atoms with E-state index in [0.717, 1.165) is 25.7 Å². The summed E-state index contributed by atoms with van der Waals surface area (Å²) in [6, 6.07) is 0. The van der Waals surface area contributed by atoms with Crippen molar-refractivity contribution in [1.29, 1.82) is 0 Å². The average molecular weight is 332 g/mol. The van der Waals surface area contributed by atoms with Crippen molar-refractivity contribution in [2.24, 2.45) is 45.8 Å². The lowest BCUT2D eigenvalue weighted by Crippen LogP contribution is -2.61. The van der Waals surface area contributed by atoms with Crippen molar-refractivity contribution in [2.75, 3.05) is 0 Å². The first-order valence-corrected chi connectivity index (χ1v) is 10.1. The topological polar surface area (TPSA) is 57.5 Å². The summed E-state index contributed by atoms with van der Waals surface area (Å²) in [4.78, 5) is 12.2. The largest absolute Gasteiger partial charge is 0.393 e. The van der Waals surface area contributed by atoms with Crippen LogP contribution in [0.5, 0.6) is 0 Å². The molecule has 10 atom stereocenters. The predicted octanol–water partition coefficient (Wildman–Crippen LogP) is 3.18. The van der Waals surface area contributed by atoms with Crippen LogP contribution < -0.4 is 0 Å². The summed E-state index contributed by atoms with van der Waals surface area (Å²) >= 11 is 0. The maximum absolute atomic E-state index is 12.2. The highest BCUT2D eigenvalue weighted by Gasteiger charge is 2.78. The van der Waals surface area contributed by atoms with Gasteiger partial charge < -0.3 is 10.2 Å². The van der Waals surface area contributed by atoms with Gasteiger partial charge in [0.05, 0.1) is 12.2 Å². The Kier molecular flexibility index (Phi) is 2.94. The van der Waals surface area contributed by atoms with Crippen LogP contribution in [0.3, 0.4) is 0 Å². The highest BCUT2D eigenvalue weighted by molar-refractivity contribution is 5.79. The maximum atomic E-state index is 12.2. The van der Waals surface area contributed by atoms with Crippen molar-refractivity contribution in [3.05, 3.63) is 0 Å². The Labute approximate surface area is 145 Å². The van der Waals surface area contributed by atoms with Gasteiger partial charge in [-0.3, -0.25) is 4.79 Å². The molecular weight excluding hydrogens is 300 g/mol. The van der Waals surface area contributed by atoms with Gasteiger partial charge in [-0.1, -0.05) is 13.8 Å². The quantitative estimate of drug-likeness (QED) is 0.775. The summed E-state index contributed by atoms with van der Waals surface area (Å²) in [6.45, 7) is 6.36. The molecule has 5 saturated carbocycles. The van der Waals surface area contributed by atoms with E-state index in [4.69, 9.17) is 0 Å². The lowest BCUT2D eigenvalue weighted by atomic mass is 9.44. The number of rotatable bonds is 1. The minimum atomic E-state index is -0.301. The van der Waals surface area contributed by atoms with Gasteiger partial charge in [-0.15, -0.1) is 0 Å². The van der Waals surface area contributed by atoms with E-state index in [0.29, 0.717) is 29.5 Å². The standard InChI is InChI=1S/C21H32O3/c1-11(22)14-4-5-15-13-8-17(24)21-9-12(21)6-7-20(21,3)18(13)16(23)10-19(14,15)2/h12-18,23-24H,4-10H2,1-3H3. The zero-order valence-electron chi connectivity index (χ0n) is 15.3. The first-order chi connectivity index (χ1) is 11.3. The fraction of sp³-hybridized carbons (Fsp3) is 0.952. The van der Waals surface area contributed by atoms with Gasteiger partial charge in [0.2, 0.25) is 0 Å². The molecule has 0 radical (unpaired) electrons. The average Bonchev–Trinajstić information content (AvgIpc) is 3.02. The van der Waals surface area contributed by atoms with Crippen LogP contribution in [0.4, 0.5) is 0 Å².